The molecule has 0 unspecified atom stereocenters. The quantitative estimate of drug-likeness (QED) is 0.882. The third kappa shape index (κ3) is 3.24. The van der Waals surface area contributed by atoms with Crippen LogP contribution in [0.4, 0.5) is 11.4 Å². The van der Waals surface area contributed by atoms with Crippen molar-refractivity contribution in [2.24, 2.45) is 0 Å². The van der Waals surface area contributed by atoms with Crippen LogP contribution in [0.15, 0.2) is 54.6 Å². The molecule has 1 N–H and O–H groups in total. The van der Waals surface area contributed by atoms with Crippen LogP contribution in [0.1, 0.15) is 44.7 Å². The molecular weight excluding hydrogens is 284 g/mol. The summed E-state index contributed by atoms with van der Waals surface area (Å²) in [5.74, 6) is 0.201. The summed E-state index contributed by atoms with van der Waals surface area (Å²) in [6.45, 7) is 4.23. The minimum atomic E-state index is 0.0869. The van der Waals surface area contributed by atoms with Gasteiger partial charge < -0.3 is 10.2 Å². The maximum atomic E-state index is 12.9. The number of carbonyl (C=O) groups excluding carboxylic acids is 1. The van der Waals surface area contributed by atoms with Gasteiger partial charge in [-0.25, -0.2) is 0 Å². The summed E-state index contributed by atoms with van der Waals surface area (Å²) in [5, 5.41) is 3.53. The van der Waals surface area contributed by atoms with Crippen molar-refractivity contribution in [2.75, 3.05) is 10.2 Å². The summed E-state index contributed by atoms with van der Waals surface area (Å²) in [6.07, 6.45) is 2.36. The Bertz CT molecular complexity index is 668. The van der Waals surface area contributed by atoms with Gasteiger partial charge in [0.2, 0.25) is 5.91 Å². The van der Waals surface area contributed by atoms with Gasteiger partial charge in [0, 0.05) is 23.8 Å². The Hall–Kier alpha value is -2.29. The molecule has 0 aromatic heterocycles. The van der Waals surface area contributed by atoms with Crippen molar-refractivity contribution in [1.29, 1.82) is 0 Å². The Balaban J connectivity index is 2.05. The fourth-order valence-corrected chi connectivity index (χ4v) is 3.37. The molecule has 0 spiro atoms. The van der Waals surface area contributed by atoms with Gasteiger partial charge in [-0.15, -0.1) is 0 Å². The van der Waals surface area contributed by atoms with E-state index in [0.717, 1.165) is 24.2 Å². The van der Waals surface area contributed by atoms with Gasteiger partial charge in [-0.2, -0.15) is 0 Å². The standard InChI is InChI=1S/C20H24N2O/c1-3-9-20(23)22(16-10-5-4-6-11-16)19-14-15(2)21-18-13-8-7-12-17(18)19/h4-8,10-13,15,19,21H,3,9,14H2,1-2H3/t15-,19+/m1/s1. The van der Waals surface area contributed by atoms with Gasteiger partial charge in [0.05, 0.1) is 6.04 Å². The molecule has 0 radical (unpaired) electrons. The number of rotatable bonds is 4. The molecule has 3 heteroatoms. The Labute approximate surface area is 138 Å². The van der Waals surface area contributed by atoms with E-state index in [0.29, 0.717) is 12.5 Å². The first-order valence-electron chi connectivity index (χ1n) is 8.43. The molecule has 2 aromatic rings. The van der Waals surface area contributed by atoms with E-state index in [2.05, 4.69) is 37.4 Å². The number of fused-ring (bicyclic) bond motifs is 1. The Kier molecular flexibility index (Phi) is 4.65. The molecule has 0 saturated heterocycles. The fourth-order valence-electron chi connectivity index (χ4n) is 3.37. The van der Waals surface area contributed by atoms with Crippen LogP contribution in [-0.2, 0) is 4.79 Å². The molecular formula is C20H24N2O. The molecule has 0 saturated carbocycles. The number of para-hydroxylation sites is 2. The molecule has 1 aliphatic heterocycles. The summed E-state index contributed by atoms with van der Waals surface area (Å²) in [4.78, 5) is 14.9. The third-order valence-corrected chi connectivity index (χ3v) is 4.38. The summed E-state index contributed by atoms with van der Waals surface area (Å²) in [6, 6.07) is 18.8. The molecule has 2 atom stereocenters. The van der Waals surface area contributed by atoms with Gasteiger partial charge in [-0.05, 0) is 43.5 Å². The summed E-state index contributed by atoms with van der Waals surface area (Å²) < 4.78 is 0. The first-order valence-corrected chi connectivity index (χ1v) is 8.43. The zero-order chi connectivity index (χ0) is 16.2. The number of hydrogen-bond acceptors (Lipinski definition) is 2. The van der Waals surface area contributed by atoms with Gasteiger partial charge in [0.1, 0.15) is 0 Å². The lowest BCUT2D eigenvalue weighted by Gasteiger charge is -2.39. The number of hydrogen-bond donors (Lipinski definition) is 1. The largest absolute Gasteiger partial charge is 0.382 e. The summed E-state index contributed by atoms with van der Waals surface area (Å²) in [7, 11) is 0. The molecule has 2 aromatic carbocycles. The molecule has 3 nitrogen and oxygen atoms in total. The third-order valence-electron chi connectivity index (χ3n) is 4.38. The summed E-state index contributed by atoms with van der Waals surface area (Å²) >= 11 is 0. The SMILES string of the molecule is CCCC(=O)N(c1ccccc1)[C@H]1C[C@@H](C)Nc2ccccc21. The van der Waals surface area contributed by atoms with Crippen molar-refractivity contribution in [3.05, 3.63) is 60.2 Å². The average molecular weight is 308 g/mol. The Morgan fingerprint density at radius 1 is 1.13 bits per heavy atom. The predicted molar refractivity (Wildman–Crippen MR) is 95.7 cm³/mol. The van der Waals surface area contributed by atoms with E-state index in [4.69, 9.17) is 0 Å². The van der Waals surface area contributed by atoms with Crippen LogP contribution < -0.4 is 10.2 Å². The van der Waals surface area contributed by atoms with E-state index in [1.807, 2.05) is 41.3 Å². The smallest absolute Gasteiger partial charge is 0.227 e. The monoisotopic (exact) mass is 308 g/mol. The van der Waals surface area contributed by atoms with E-state index in [1.54, 1.807) is 0 Å². The van der Waals surface area contributed by atoms with E-state index >= 15 is 0 Å². The first kappa shape index (κ1) is 15.6. The van der Waals surface area contributed by atoms with Crippen molar-refractivity contribution in [2.45, 2.75) is 45.2 Å². The van der Waals surface area contributed by atoms with E-state index in [1.165, 1.54) is 5.56 Å². The second kappa shape index (κ2) is 6.86. The van der Waals surface area contributed by atoms with Gasteiger partial charge in [-0.1, -0.05) is 43.3 Å². The number of nitrogens with zero attached hydrogens (tertiary/aromatic N) is 1. The van der Waals surface area contributed by atoms with Crippen LogP contribution in [0.2, 0.25) is 0 Å². The van der Waals surface area contributed by atoms with Crippen LogP contribution in [0, 0.1) is 0 Å². The Morgan fingerprint density at radius 2 is 1.83 bits per heavy atom. The van der Waals surface area contributed by atoms with E-state index in [-0.39, 0.29) is 11.9 Å². The molecule has 3 rings (SSSR count). The zero-order valence-corrected chi connectivity index (χ0v) is 13.8. The number of anilines is 2. The van der Waals surface area contributed by atoms with Gasteiger partial charge in [-0.3, -0.25) is 4.79 Å². The molecule has 1 amide bonds. The number of carbonyl (C=O) groups is 1. The maximum Gasteiger partial charge on any atom is 0.227 e. The first-order chi connectivity index (χ1) is 11.2. The second-order valence-corrected chi connectivity index (χ2v) is 6.23. The van der Waals surface area contributed by atoms with Gasteiger partial charge >= 0.3 is 0 Å². The van der Waals surface area contributed by atoms with Crippen molar-refractivity contribution in [1.82, 2.24) is 0 Å². The minimum Gasteiger partial charge on any atom is -0.382 e. The van der Waals surface area contributed by atoms with Crippen LogP contribution in [-0.4, -0.2) is 11.9 Å². The number of benzene rings is 2. The highest BCUT2D eigenvalue weighted by Gasteiger charge is 2.32. The second-order valence-electron chi connectivity index (χ2n) is 6.23. The molecule has 0 fully saturated rings. The zero-order valence-electron chi connectivity index (χ0n) is 13.8. The van der Waals surface area contributed by atoms with Crippen molar-refractivity contribution in [3.8, 4) is 0 Å². The number of amides is 1. The highest BCUT2D eigenvalue weighted by molar-refractivity contribution is 5.94. The average Bonchev–Trinajstić information content (AvgIpc) is 2.56. The predicted octanol–water partition coefficient (Wildman–Crippen LogP) is 4.77. The van der Waals surface area contributed by atoms with Crippen molar-refractivity contribution >= 4 is 17.3 Å². The maximum absolute atomic E-state index is 12.9. The van der Waals surface area contributed by atoms with Crippen LogP contribution in [0.25, 0.3) is 0 Å². The van der Waals surface area contributed by atoms with Gasteiger partial charge in [0.15, 0.2) is 0 Å². The normalized spacial score (nSPS) is 19.6. The molecule has 1 aliphatic rings. The topological polar surface area (TPSA) is 32.3 Å². The van der Waals surface area contributed by atoms with E-state index < -0.39 is 0 Å². The van der Waals surface area contributed by atoms with Gasteiger partial charge in [0.25, 0.3) is 0 Å². The Morgan fingerprint density at radius 3 is 2.57 bits per heavy atom. The summed E-state index contributed by atoms with van der Waals surface area (Å²) in [5.41, 5.74) is 3.33. The minimum absolute atomic E-state index is 0.0869. The van der Waals surface area contributed by atoms with E-state index in [9.17, 15) is 4.79 Å². The lowest BCUT2D eigenvalue weighted by molar-refractivity contribution is -0.119. The lowest BCUT2D eigenvalue weighted by Crippen LogP contribution is -2.40. The highest BCUT2D eigenvalue weighted by atomic mass is 16.2. The molecule has 120 valence electrons. The lowest BCUT2D eigenvalue weighted by atomic mass is 9.91. The molecule has 1 heterocycles. The number of nitrogens with one attached hydrogen (secondary N) is 1. The highest BCUT2D eigenvalue weighted by Crippen LogP contribution is 2.39. The fraction of sp³-hybridized carbons (Fsp3) is 0.350. The molecule has 23 heavy (non-hydrogen) atoms. The van der Waals surface area contributed by atoms with Crippen LogP contribution >= 0.6 is 0 Å². The van der Waals surface area contributed by atoms with Crippen LogP contribution in [0.3, 0.4) is 0 Å². The van der Waals surface area contributed by atoms with Crippen LogP contribution in [0.5, 0.6) is 0 Å². The molecule has 0 bridgehead atoms. The van der Waals surface area contributed by atoms with Crippen molar-refractivity contribution in [3.63, 3.8) is 0 Å². The molecule has 0 aliphatic carbocycles. The van der Waals surface area contributed by atoms with Crippen molar-refractivity contribution < 1.29 is 4.79 Å².